The van der Waals surface area contributed by atoms with Gasteiger partial charge in [0.25, 0.3) is 0 Å². The van der Waals surface area contributed by atoms with Crippen LogP contribution in [0.3, 0.4) is 0 Å². The number of esters is 1. The molecule has 1 N–H and O–H groups in total. The van der Waals surface area contributed by atoms with Gasteiger partial charge in [0.2, 0.25) is 0 Å². The Balaban J connectivity index is 0.00000163. The van der Waals surface area contributed by atoms with E-state index in [9.17, 15) is 9.59 Å². The van der Waals surface area contributed by atoms with Gasteiger partial charge in [-0.05, 0) is 45.4 Å². The molecule has 0 radical (unpaired) electrons. The number of methoxy groups -OCH3 is 1. The first-order valence-corrected chi connectivity index (χ1v) is 8.81. The van der Waals surface area contributed by atoms with Crippen molar-refractivity contribution < 1.29 is 19.1 Å². The summed E-state index contributed by atoms with van der Waals surface area (Å²) in [5.74, 6) is -0.369. The van der Waals surface area contributed by atoms with Gasteiger partial charge in [-0.2, -0.15) is 5.10 Å². The van der Waals surface area contributed by atoms with Crippen molar-refractivity contribution in [3.05, 3.63) is 30.0 Å². The second-order valence-corrected chi connectivity index (χ2v) is 6.42. The molecule has 0 aliphatic heterocycles. The highest BCUT2D eigenvalue weighted by atomic mass is 16.6. The van der Waals surface area contributed by atoms with E-state index in [2.05, 4.69) is 10.4 Å². The van der Waals surface area contributed by atoms with Crippen LogP contribution in [-0.4, -0.2) is 41.1 Å². The second kappa shape index (κ2) is 9.79. The summed E-state index contributed by atoms with van der Waals surface area (Å²) in [6.45, 7) is 10.6. The number of hydrogen-bond acceptors (Lipinski definition) is 5. The zero-order valence-corrected chi connectivity index (χ0v) is 16.5. The van der Waals surface area contributed by atoms with Crippen LogP contribution in [-0.2, 0) is 16.0 Å². The Morgan fingerprint density at radius 3 is 2.54 bits per heavy atom. The summed E-state index contributed by atoms with van der Waals surface area (Å²) >= 11 is 0. The minimum atomic E-state index is -0.500. The van der Waals surface area contributed by atoms with E-state index in [-0.39, 0.29) is 5.97 Å². The summed E-state index contributed by atoms with van der Waals surface area (Å²) in [6.07, 6.45) is 2.01. The number of ether oxygens (including phenoxy) is 2. The lowest BCUT2D eigenvalue weighted by Crippen LogP contribution is -2.33. The molecular weight excluding hydrogens is 334 g/mol. The van der Waals surface area contributed by atoms with Gasteiger partial charge in [-0.15, -0.1) is 0 Å². The van der Waals surface area contributed by atoms with Crippen molar-refractivity contribution in [1.29, 1.82) is 0 Å². The number of aromatic nitrogens is 2. The second-order valence-electron chi connectivity index (χ2n) is 6.42. The van der Waals surface area contributed by atoms with E-state index in [0.29, 0.717) is 18.7 Å². The van der Waals surface area contributed by atoms with Crippen molar-refractivity contribution in [1.82, 2.24) is 15.1 Å². The van der Waals surface area contributed by atoms with Gasteiger partial charge in [-0.1, -0.05) is 13.8 Å². The summed E-state index contributed by atoms with van der Waals surface area (Å²) < 4.78 is 11.7. The highest BCUT2D eigenvalue weighted by Gasteiger charge is 2.15. The number of nitrogens with zero attached hydrogens (tertiary/aromatic N) is 2. The van der Waals surface area contributed by atoms with Crippen LogP contribution in [0.1, 0.15) is 51.4 Å². The molecule has 1 aromatic heterocycles. The molecule has 1 aromatic carbocycles. The Bertz CT molecular complexity index is 732. The predicted octanol–water partition coefficient (Wildman–Crippen LogP) is 3.76. The molecule has 0 atom stereocenters. The number of carbonyl (C=O) groups excluding carboxylic acids is 2. The molecule has 7 heteroatoms. The lowest BCUT2D eigenvalue weighted by Gasteiger charge is -2.19. The van der Waals surface area contributed by atoms with E-state index in [1.807, 2.05) is 45.4 Å². The van der Waals surface area contributed by atoms with Crippen molar-refractivity contribution in [2.75, 3.05) is 13.7 Å². The Kier molecular flexibility index (Phi) is 8.09. The normalized spacial score (nSPS) is 10.7. The highest BCUT2D eigenvalue weighted by molar-refractivity contribution is 5.94. The Morgan fingerprint density at radius 2 is 1.92 bits per heavy atom. The Labute approximate surface area is 154 Å². The molecule has 0 saturated carbocycles. The van der Waals surface area contributed by atoms with E-state index >= 15 is 0 Å². The van der Waals surface area contributed by atoms with Crippen LogP contribution in [0.2, 0.25) is 0 Å². The number of carbonyl (C=O) groups is 2. The predicted molar refractivity (Wildman–Crippen MR) is 101 cm³/mol. The zero-order chi connectivity index (χ0) is 19.7. The monoisotopic (exact) mass is 363 g/mol. The quantitative estimate of drug-likeness (QED) is 0.646. The van der Waals surface area contributed by atoms with Gasteiger partial charge < -0.3 is 14.8 Å². The number of aryl methyl sites for hydroxylation is 1. The van der Waals surface area contributed by atoms with E-state index < -0.39 is 11.7 Å². The molecule has 0 aliphatic carbocycles. The summed E-state index contributed by atoms with van der Waals surface area (Å²) in [4.78, 5) is 23.1. The van der Waals surface area contributed by atoms with Crippen LogP contribution in [0, 0.1) is 0 Å². The number of fused-ring (bicyclic) bond motifs is 1. The van der Waals surface area contributed by atoms with E-state index in [1.54, 1.807) is 18.3 Å². The van der Waals surface area contributed by atoms with Gasteiger partial charge in [-0.25, -0.2) is 9.59 Å². The molecule has 2 rings (SSSR count). The topological polar surface area (TPSA) is 82.5 Å². The number of nitrogens with one attached hydrogen (secondary N) is 1. The van der Waals surface area contributed by atoms with Gasteiger partial charge in [0, 0.05) is 18.5 Å². The molecule has 0 unspecified atom stereocenters. The van der Waals surface area contributed by atoms with Crippen molar-refractivity contribution in [2.24, 2.45) is 0 Å². The van der Waals surface area contributed by atoms with Crippen LogP contribution in [0.5, 0.6) is 0 Å². The molecule has 1 amide bonds. The summed E-state index contributed by atoms with van der Waals surface area (Å²) in [6, 6.07) is 5.31. The van der Waals surface area contributed by atoms with Crippen LogP contribution >= 0.6 is 0 Å². The largest absolute Gasteiger partial charge is 0.465 e. The van der Waals surface area contributed by atoms with Crippen LogP contribution in [0.4, 0.5) is 4.79 Å². The highest BCUT2D eigenvalue weighted by Crippen LogP contribution is 2.16. The average molecular weight is 363 g/mol. The lowest BCUT2D eigenvalue weighted by atomic mass is 10.1. The fourth-order valence-electron chi connectivity index (χ4n) is 2.24. The first-order chi connectivity index (χ1) is 12.3. The van der Waals surface area contributed by atoms with Gasteiger partial charge in [0.05, 0.1) is 24.4 Å². The van der Waals surface area contributed by atoms with Crippen LogP contribution in [0.25, 0.3) is 10.9 Å². The number of alkyl carbamates (subject to hydrolysis) is 1. The summed E-state index contributed by atoms with van der Waals surface area (Å²) in [7, 11) is 1.35. The Hall–Kier alpha value is -2.57. The standard InChI is InChI=1S/C17H23N3O4.C2H6/c1-17(2,3)24-16(22)18-8-5-9-20-14-7-6-12(15(21)23-4)10-13(14)11-19-20;1-2/h6-7,10-11H,5,8-9H2,1-4H3,(H,18,22);1-2H3. The third kappa shape index (κ3) is 6.38. The third-order valence-corrected chi connectivity index (χ3v) is 3.28. The molecule has 0 saturated heterocycles. The van der Waals surface area contributed by atoms with Gasteiger partial charge in [-0.3, -0.25) is 4.68 Å². The maximum Gasteiger partial charge on any atom is 0.407 e. The first kappa shape index (κ1) is 21.5. The van der Waals surface area contributed by atoms with E-state index in [0.717, 1.165) is 17.3 Å². The molecule has 0 aliphatic rings. The first-order valence-electron chi connectivity index (χ1n) is 8.81. The Morgan fingerprint density at radius 1 is 1.23 bits per heavy atom. The third-order valence-electron chi connectivity index (χ3n) is 3.28. The molecule has 0 fully saturated rings. The number of benzene rings is 1. The SMILES string of the molecule is CC.COC(=O)c1ccc2c(cnn2CCCNC(=O)OC(C)(C)C)c1. The molecule has 0 spiro atoms. The van der Waals surface area contributed by atoms with E-state index in [4.69, 9.17) is 9.47 Å². The van der Waals surface area contributed by atoms with Crippen LogP contribution < -0.4 is 5.32 Å². The molecule has 26 heavy (non-hydrogen) atoms. The average Bonchev–Trinajstić information content (AvgIpc) is 3.00. The smallest absolute Gasteiger partial charge is 0.407 e. The molecular formula is C19H29N3O4. The van der Waals surface area contributed by atoms with Crippen molar-refractivity contribution in [3.63, 3.8) is 0 Å². The van der Waals surface area contributed by atoms with Crippen LogP contribution in [0.15, 0.2) is 24.4 Å². The van der Waals surface area contributed by atoms with Crippen molar-refractivity contribution >= 4 is 23.0 Å². The number of amides is 1. The molecule has 1 heterocycles. The number of hydrogen-bond donors (Lipinski definition) is 1. The minimum Gasteiger partial charge on any atom is -0.465 e. The van der Waals surface area contributed by atoms with Crippen molar-refractivity contribution in [3.8, 4) is 0 Å². The maximum absolute atomic E-state index is 11.6. The summed E-state index contributed by atoms with van der Waals surface area (Å²) in [5, 5.41) is 7.91. The molecule has 0 bridgehead atoms. The molecule has 2 aromatic rings. The van der Waals surface area contributed by atoms with Gasteiger partial charge >= 0.3 is 12.1 Å². The van der Waals surface area contributed by atoms with Crippen molar-refractivity contribution in [2.45, 2.75) is 53.2 Å². The van der Waals surface area contributed by atoms with E-state index in [1.165, 1.54) is 7.11 Å². The molecule has 7 nitrogen and oxygen atoms in total. The summed E-state index contributed by atoms with van der Waals surface area (Å²) in [5.41, 5.74) is 0.927. The minimum absolute atomic E-state index is 0.369. The number of rotatable bonds is 5. The lowest BCUT2D eigenvalue weighted by molar-refractivity contribution is 0.0525. The van der Waals surface area contributed by atoms with Gasteiger partial charge in [0.15, 0.2) is 0 Å². The fraction of sp³-hybridized carbons (Fsp3) is 0.526. The molecule has 144 valence electrons. The van der Waals surface area contributed by atoms with Gasteiger partial charge in [0.1, 0.15) is 5.60 Å². The fourth-order valence-corrected chi connectivity index (χ4v) is 2.24. The zero-order valence-electron chi connectivity index (χ0n) is 16.5. The maximum atomic E-state index is 11.6.